The van der Waals surface area contributed by atoms with E-state index in [2.05, 4.69) is 20.8 Å². The van der Waals surface area contributed by atoms with Gasteiger partial charge in [0.15, 0.2) is 0 Å². The minimum absolute atomic E-state index is 0.106. The summed E-state index contributed by atoms with van der Waals surface area (Å²) in [6.07, 6.45) is 4.12. The number of ketones is 1. The van der Waals surface area contributed by atoms with E-state index >= 15 is 0 Å². The van der Waals surface area contributed by atoms with Crippen molar-refractivity contribution >= 4 is 5.78 Å². The van der Waals surface area contributed by atoms with Crippen LogP contribution in [0.15, 0.2) is 0 Å². The Morgan fingerprint density at radius 1 is 1.45 bits per heavy atom. The quantitative estimate of drug-likeness (QED) is 0.608. The number of hydrogen-bond acceptors (Lipinski definition) is 1. The molecule has 1 aliphatic rings. The molecule has 0 aliphatic heterocycles. The van der Waals surface area contributed by atoms with Crippen molar-refractivity contribution in [2.24, 2.45) is 11.3 Å². The highest BCUT2D eigenvalue weighted by Crippen LogP contribution is 2.46. The third kappa shape index (κ3) is 2.32. The second kappa shape index (κ2) is 2.96. The molecule has 0 aromatic rings. The molecule has 11 heavy (non-hydrogen) atoms. The van der Waals surface area contributed by atoms with Gasteiger partial charge in [-0.1, -0.05) is 20.8 Å². The maximum atomic E-state index is 11.4. The molecule has 1 nitrogen and oxygen atoms in total. The van der Waals surface area contributed by atoms with E-state index in [1.165, 1.54) is 0 Å². The molecular weight excluding hydrogens is 136 g/mol. The monoisotopic (exact) mass is 154 g/mol. The van der Waals surface area contributed by atoms with Gasteiger partial charge in [-0.05, 0) is 25.2 Å². The number of hydrogen-bond donors (Lipinski definition) is 0. The summed E-state index contributed by atoms with van der Waals surface area (Å²) in [5, 5.41) is 0. The van der Waals surface area contributed by atoms with Crippen LogP contribution in [0.3, 0.4) is 0 Å². The molecule has 0 heterocycles. The Balaban J connectivity index is 2.22. The van der Waals surface area contributed by atoms with E-state index in [-0.39, 0.29) is 5.41 Å². The summed E-state index contributed by atoms with van der Waals surface area (Å²) in [4.78, 5) is 11.4. The average Bonchev–Trinajstić information content (AvgIpc) is 2.64. The number of Topliss-reactive ketones (excluding diaryl/α,β-unsaturated/α-hetero) is 1. The molecule has 0 aromatic heterocycles. The Bertz CT molecular complexity index is 154. The molecule has 0 unspecified atom stereocenters. The molecule has 1 heteroatoms. The van der Waals surface area contributed by atoms with Gasteiger partial charge in [0, 0.05) is 11.8 Å². The Morgan fingerprint density at radius 2 is 2.00 bits per heavy atom. The van der Waals surface area contributed by atoms with Crippen molar-refractivity contribution < 1.29 is 4.79 Å². The summed E-state index contributed by atoms with van der Waals surface area (Å²) >= 11 is 0. The van der Waals surface area contributed by atoms with Gasteiger partial charge in [0.25, 0.3) is 0 Å². The van der Waals surface area contributed by atoms with Gasteiger partial charge in [0.2, 0.25) is 0 Å². The Morgan fingerprint density at radius 3 is 2.36 bits per heavy atom. The van der Waals surface area contributed by atoms with Gasteiger partial charge in [0.1, 0.15) is 5.78 Å². The smallest absolute Gasteiger partial charge is 0.138 e. The first-order valence-corrected chi connectivity index (χ1v) is 4.58. The summed E-state index contributed by atoms with van der Waals surface area (Å²) in [5.41, 5.74) is 0.106. The maximum absolute atomic E-state index is 11.4. The van der Waals surface area contributed by atoms with Crippen LogP contribution in [0, 0.1) is 11.3 Å². The maximum Gasteiger partial charge on any atom is 0.138 e. The second-order valence-electron chi connectivity index (χ2n) is 4.42. The van der Waals surface area contributed by atoms with Gasteiger partial charge in [-0.15, -0.1) is 0 Å². The zero-order valence-corrected chi connectivity index (χ0v) is 7.81. The van der Waals surface area contributed by atoms with Gasteiger partial charge >= 0.3 is 0 Å². The summed E-state index contributed by atoms with van der Waals surface area (Å²) in [5.74, 6) is 1.16. The summed E-state index contributed by atoms with van der Waals surface area (Å²) in [6.45, 7) is 6.43. The van der Waals surface area contributed by atoms with Gasteiger partial charge in [0.05, 0.1) is 0 Å². The van der Waals surface area contributed by atoms with Crippen molar-refractivity contribution in [1.29, 1.82) is 0 Å². The first-order chi connectivity index (χ1) is 5.04. The SMILES string of the molecule is CC(C)CCC(=O)C1(C)CC1. The fourth-order valence-electron chi connectivity index (χ4n) is 1.19. The molecule has 0 atom stereocenters. The summed E-state index contributed by atoms with van der Waals surface area (Å²) < 4.78 is 0. The molecule has 1 aliphatic carbocycles. The third-order valence-corrected chi connectivity index (χ3v) is 2.62. The zero-order valence-electron chi connectivity index (χ0n) is 7.81. The van der Waals surface area contributed by atoms with Crippen LogP contribution < -0.4 is 0 Å². The summed E-state index contributed by atoms with van der Waals surface area (Å²) in [6, 6.07) is 0. The van der Waals surface area contributed by atoms with E-state index in [4.69, 9.17) is 0 Å². The Kier molecular flexibility index (Phi) is 2.36. The third-order valence-electron chi connectivity index (χ3n) is 2.62. The van der Waals surface area contributed by atoms with Crippen LogP contribution in [-0.2, 0) is 4.79 Å². The van der Waals surface area contributed by atoms with Crippen molar-refractivity contribution in [3.8, 4) is 0 Å². The first-order valence-electron chi connectivity index (χ1n) is 4.58. The molecule has 1 rings (SSSR count). The lowest BCUT2D eigenvalue weighted by molar-refractivity contribution is -0.123. The molecule has 1 saturated carbocycles. The zero-order chi connectivity index (χ0) is 8.48. The Hall–Kier alpha value is -0.330. The van der Waals surface area contributed by atoms with Crippen molar-refractivity contribution in [3.63, 3.8) is 0 Å². The van der Waals surface area contributed by atoms with Gasteiger partial charge < -0.3 is 0 Å². The van der Waals surface area contributed by atoms with E-state index in [1.807, 2.05) is 0 Å². The van der Waals surface area contributed by atoms with Gasteiger partial charge in [-0.2, -0.15) is 0 Å². The van der Waals surface area contributed by atoms with Gasteiger partial charge in [-0.25, -0.2) is 0 Å². The molecule has 0 amide bonds. The van der Waals surface area contributed by atoms with Crippen LogP contribution in [0.2, 0.25) is 0 Å². The molecule has 64 valence electrons. The fraction of sp³-hybridized carbons (Fsp3) is 0.900. The molecule has 0 bridgehead atoms. The highest BCUT2D eigenvalue weighted by atomic mass is 16.1. The van der Waals surface area contributed by atoms with E-state index in [0.29, 0.717) is 11.7 Å². The molecule has 0 N–H and O–H groups in total. The van der Waals surface area contributed by atoms with E-state index in [9.17, 15) is 4.79 Å². The fourth-order valence-corrected chi connectivity index (χ4v) is 1.19. The average molecular weight is 154 g/mol. The minimum atomic E-state index is 0.106. The highest BCUT2D eigenvalue weighted by Gasteiger charge is 2.43. The van der Waals surface area contributed by atoms with Crippen LogP contribution in [0.5, 0.6) is 0 Å². The Labute approximate surface area is 69.2 Å². The number of rotatable bonds is 4. The number of carbonyl (C=O) groups excluding carboxylic acids is 1. The normalized spacial score (nSPS) is 20.4. The van der Waals surface area contributed by atoms with Crippen molar-refractivity contribution in [2.45, 2.75) is 46.5 Å². The minimum Gasteiger partial charge on any atom is -0.299 e. The number of carbonyl (C=O) groups is 1. The van der Waals surface area contributed by atoms with E-state index in [0.717, 1.165) is 25.7 Å². The molecule has 0 aromatic carbocycles. The molecule has 1 fully saturated rings. The molecule has 0 saturated heterocycles. The van der Waals surface area contributed by atoms with Crippen LogP contribution in [0.4, 0.5) is 0 Å². The lowest BCUT2D eigenvalue weighted by Crippen LogP contribution is -2.11. The van der Waals surface area contributed by atoms with Crippen LogP contribution in [-0.4, -0.2) is 5.78 Å². The van der Waals surface area contributed by atoms with E-state index in [1.54, 1.807) is 0 Å². The van der Waals surface area contributed by atoms with Gasteiger partial charge in [-0.3, -0.25) is 4.79 Å². The standard InChI is InChI=1S/C10H18O/c1-8(2)4-5-9(11)10(3)6-7-10/h8H,4-7H2,1-3H3. The van der Waals surface area contributed by atoms with Crippen LogP contribution in [0.25, 0.3) is 0 Å². The summed E-state index contributed by atoms with van der Waals surface area (Å²) in [7, 11) is 0. The molecular formula is C10H18O. The topological polar surface area (TPSA) is 17.1 Å². The molecule has 0 spiro atoms. The van der Waals surface area contributed by atoms with Crippen molar-refractivity contribution in [2.75, 3.05) is 0 Å². The second-order valence-corrected chi connectivity index (χ2v) is 4.42. The van der Waals surface area contributed by atoms with Crippen molar-refractivity contribution in [1.82, 2.24) is 0 Å². The van der Waals surface area contributed by atoms with Crippen LogP contribution in [0.1, 0.15) is 46.5 Å². The van der Waals surface area contributed by atoms with Crippen LogP contribution >= 0.6 is 0 Å². The predicted octanol–water partition coefficient (Wildman–Crippen LogP) is 2.79. The molecule has 0 radical (unpaired) electrons. The predicted molar refractivity (Wildman–Crippen MR) is 46.4 cm³/mol. The van der Waals surface area contributed by atoms with Crippen molar-refractivity contribution in [3.05, 3.63) is 0 Å². The highest BCUT2D eigenvalue weighted by molar-refractivity contribution is 5.86. The lowest BCUT2D eigenvalue weighted by atomic mass is 9.96. The van der Waals surface area contributed by atoms with E-state index < -0.39 is 0 Å². The lowest BCUT2D eigenvalue weighted by Gasteiger charge is -2.07. The first kappa shape index (κ1) is 8.76. The largest absolute Gasteiger partial charge is 0.299 e.